The molecule has 1 aliphatic rings. The van der Waals surface area contributed by atoms with E-state index < -0.39 is 10.0 Å². The third-order valence-corrected chi connectivity index (χ3v) is 5.33. The maximum atomic E-state index is 12.6. The van der Waals surface area contributed by atoms with Crippen molar-refractivity contribution in [1.29, 1.82) is 0 Å². The molecule has 0 saturated heterocycles. The van der Waals surface area contributed by atoms with Gasteiger partial charge in [-0.05, 0) is 62.1 Å². The molecule has 0 bridgehead atoms. The van der Waals surface area contributed by atoms with E-state index in [9.17, 15) is 13.2 Å². The zero-order valence-electron chi connectivity index (χ0n) is 13.7. The number of carbonyl (C=O) groups is 1. The molecule has 0 aromatic heterocycles. The Balaban J connectivity index is 1.88. The van der Waals surface area contributed by atoms with Crippen molar-refractivity contribution in [3.8, 4) is 0 Å². The van der Waals surface area contributed by atoms with Gasteiger partial charge in [0.15, 0.2) is 0 Å². The molecule has 0 spiro atoms. The highest BCUT2D eigenvalue weighted by atomic mass is 32.2. The van der Waals surface area contributed by atoms with E-state index in [4.69, 9.17) is 0 Å². The Labute approximate surface area is 142 Å². The number of anilines is 1. The number of hydrogen-bond donors (Lipinski definition) is 2. The number of aryl methyl sites for hydroxylation is 2. The van der Waals surface area contributed by atoms with Crippen molar-refractivity contribution in [3.05, 3.63) is 59.2 Å². The van der Waals surface area contributed by atoms with Gasteiger partial charge in [0.05, 0.1) is 4.90 Å². The zero-order chi connectivity index (χ0) is 17.3. The molecule has 0 radical (unpaired) electrons. The quantitative estimate of drug-likeness (QED) is 0.875. The SMILES string of the molecule is Cc1cccc(NS(=O)(=O)c2ccc(C)c(C(=O)NC3CC3)c2)c1. The second-order valence-electron chi connectivity index (χ2n) is 6.20. The first-order valence-corrected chi connectivity index (χ1v) is 9.34. The van der Waals surface area contributed by atoms with Crippen molar-refractivity contribution in [3.63, 3.8) is 0 Å². The van der Waals surface area contributed by atoms with Crippen LogP contribution in [0.3, 0.4) is 0 Å². The molecule has 1 fully saturated rings. The van der Waals surface area contributed by atoms with Crippen LogP contribution in [-0.4, -0.2) is 20.4 Å². The smallest absolute Gasteiger partial charge is 0.261 e. The van der Waals surface area contributed by atoms with Gasteiger partial charge in [-0.1, -0.05) is 18.2 Å². The number of rotatable bonds is 5. The molecule has 0 unspecified atom stereocenters. The molecular weight excluding hydrogens is 324 g/mol. The van der Waals surface area contributed by atoms with Gasteiger partial charge < -0.3 is 5.32 Å². The fourth-order valence-corrected chi connectivity index (χ4v) is 3.50. The third kappa shape index (κ3) is 3.76. The van der Waals surface area contributed by atoms with Crippen molar-refractivity contribution in [1.82, 2.24) is 5.32 Å². The maximum Gasteiger partial charge on any atom is 0.261 e. The van der Waals surface area contributed by atoms with Crippen molar-refractivity contribution in [2.45, 2.75) is 37.6 Å². The van der Waals surface area contributed by atoms with Gasteiger partial charge in [-0.15, -0.1) is 0 Å². The molecule has 2 N–H and O–H groups in total. The van der Waals surface area contributed by atoms with Gasteiger partial charge in [0, 0.05) is 17.3 Å². The van der Waals surface area contributed by atoms with Crippen LogP contribution < -0.4 is 10.0 Å². The summed E-state index contributed by atoms with van der Waals surface area (Å²) in [6.07, 6.45) is 1.97. The summed E-state index contributed by atoms with van der Waals surface area (Å²) in [7, 11) is -3.75. The molecule has 2 aromatic rings. The molecule has 1 aliphatic carbocycles. The molecule has 3 rings (SSSR count). The van der Waals surface area contributed by atoms with E-state index >= 15 is 0 Å². The predicted molar refractivity (Wildman–Crippen MR) is 93.7 cm³/mol. The maximum absolute atomic E-state index is 12.6. The van der Waals surface area contributed by atoms with Crippen molar-refractivity contribution < 1.29 is 13.2 Å². The standard InChI is InChI=1S/C18H20N2O3S/c1-12-4-3-5-15(10-12)20-24(22,23)16-9-6-13(2)17(11-16)18(21)19-14-7-8-14/h3-6,9-11,14,20H,7-8H2,1-2H3,(H,19,21). The molecule has 1 amide bonds. The van der Waals surface area contributed by atoms with Crippen molar-refractivity contribution in [2.75, 3.05) is 4.72 Å². The summed E-state index contributed by atoms with van der Waals surface area (Å²) in [5.74, 6) is -0.220. The van der Waals surface area contributed by atoms with E-state index in [0.717, 1.165) is 24.0 Å². The molecule has 126 valence electrons. The van der Waals surface area contributed by atoms with Gasteiger partial charge in [0.25, 0.3) is 15.9 Å². The molecule has 1 saturated carbocycles. The second kappa shape index (κ2) is 6.28. The van der Waals surface area contributed by atoms with Crippen LogP contribution in [0.25, 0.3) is 0 Å². The number of nitrogens with one attached hydrogen (secondary N) is 2. The number of benzene rings is 2. The second-order valence-corrected chi connectivity index (χ2v) is 7.88. The first kappa shape index (κ1) is 16.5. The highest BCUT2D eigenvalue weighted by molar-refractivity contribution is 7.92. The van der Waals surface area contributed by atoms with Crippen molar-refractivity contribution in [2.24, 2.45) is 0 Å². The molecule has 6 heteroatoms. The molecular formula is C18H20N2O3S. The average molecular weight is 344 g/mol. The lowest BCUT2D eigenvalue weighted by molar-refractivity contribution is 0.0950. The summed E-state index contributed by atoms with van der Waals surface area (Å²) in [5, 5.41) is 2.89. The van der Waals surface area contributed by atoms with Gasteiger partial charge in [-0.3, -0.25) is 9.52 Å². The lowest BCUT2D eigenvalue weighted by atomic mass is 10.1. The fraction of sp³-hybridized carbons (Fsp3) is 0.278. The molecule has 24 heavy (non-hydrogen) atoms. The van der Waals surface area contributed by atoms with E-state index in [1.807, 2.05) is 13.0 Å². The van der Waals surface area contributed by atoms with Crippen LogP contribution in [-0.2, 0) is 10.0 Å². The minimum Gasteiger partial charge on any atom is -0.349 e. The largest absolute Gasteiger partial charge is 0.349 e. The number of carbonyl (C=O) groups excluding carboxylic acids is 1. The van der Waals surface area contributed by atoms with Crippen LogP contribution in [0.15, 0.2) is 47.4 Å². The van der Waals surface area contributed by atoms with E-state index in [1.54, 1.807) is 31.2 Å². The lowest BCUT2D eigenvalue weighted by Crippen LogP contribution is -2.26. The van der Waals surface area contributed by atoms with Crippen LogP contribution in [0.1, 0.15) is 34.3 Å². The Bertz CT molecular complexity index is 887. The number of sulfonamides is 1. The first-order valence-electron chi connectivity index (χ1n) is 7.86. The van der Waals surface area contributed by atoms with E-state index in [2.05, 4.69) is 10.0 Å². The van der Waals surface area contributed by atoms with Gasteiger partial charge in [0.1, 0.15) is 0 Å². The molecule has 2 aromatic carbocycles. The molecule has 5 nitrogen and oxygen atoms in total. The van der Waals surface area contributed by atoms with Gasteiger partial charge in [-0.25, -0.2) is 8.42 Å². The molecule has 0 aliphatic heterocycles. The molecule has 0 heterocycles. The Kier molecular flexibility index (Phi) is 4.32. The average Bonchev–Trinajstić information content (AvgIpc) is 3.30. The van der Waals surface area contributed by atoms with E-state index in [0.29, 0.717) is 11.3 Å². The van der Waals surface area contributed by atoms with Gasteiger partial charge >= 0.3 is 0 Å². The Morgan fingerprint density at radius 3 is 2.50 bits per heavy atom. The van der Waals surface area contributed by atoms with Crippen LogP contribution in [0.4, 0.5) is 5.69 Å². The summed E-state index contributed by atoms with van der Waals surface area (Å²) in [6.45, 7) is 3.69. The Hall–Kier alpha value is -2.34. The number of hydrogen-bond acceptors (Lipinski definition) is 3. The van der Waals surface area contributed by atoms with E-state index in [1.165, 1.54) is 12.1 Å². The third-order valence-electron chi connectivity index (χ3n) is 3.95. The minimum atomic E-state index is -3.75. The monoisotopic (exact) mass is 344 g/mol. The Morgan fingerprint density at radius 1 is 1.08 bits per heavy atom. The summed E-state index contributed by atoms with van der Waals surface area (Å²) in [5.41, 5.74) is 2.61. The normalized spacial score (nSPS) is 14.2. The van der Waals surface area contributed by atoms with Gasteiger partial charge in [-0.2, -0.15) is 0 Å². The minimum absolute atomic E-state index is 0.0792. The highest BCUT2D eigenvalue weighted by Crippen LogP contribution is 2.22. The lowest BCUT2D eigenvalue weighted by Gasteiger charge is -2.12. The summed E-state index contributed by atoms with van der Waals surface area (Å²) >= 11 is 0. The van der Waals surface area contributed by atoms with Crippen LogP contribution in [0.2, 0.25) is 0 Å². The van der Waals surface area contributed by atoms with E-state index in [-0.39, 0.29) is 16.8 Å². The van der Waals surface area contributed by atoms with Gasteiger partial charge in [0.2, 0.25) is 0 Å². The fourth-order valence-electron chi connectivity index (χ4n) is 2.43. The van der Waals surface area contributed by atoms with Crippen LogP contribution >= 0.6 is 0 Å². The van der Waals surface area contributed by atoms with Crippen LogP contribution in [0.5, 0.6) is 0 Å². The topological polar surface area (TPSA) is 75.3 Å². The first-order chi connectivity index (χ1) is 11.3. The zero-order valence-corrected chi connectivity index (χ0v) is 14.5. The summed E-state index contributed by atoms with van der Waals surface area (Å²) in [4.78, 5) is 12.4. The van der Waals surface area contributed by atoms with Crippen molar-refractivity contribution >= 4 is 21.6 Å². The molecule has 0 atom stereocenters. The highest BCUT2D eigenvalue weighted by Gasteiger charge is 2.25. The summed E-state index contributed by atoms with van der Waals surface area (Å²) < 4.78 is 27.7. The predicted octanol–water partition coefficient (Wildman–Crippen LogP) is 3.00. The summed E-state index contributed by atoms with van der Waals surface area (Å²) in [6, 6.07) is 12.0. The number of amides is 1. The Morgan fingerprint density at radius 2 is 1.83 bits per heavy atom. The van der Waals surface area contributed by atoms with Crippen LogP contribution in [0, 0.1) is 13.8 Å².